The molecule has 1 fully saturated rings. The maximum Gasteiger partial charge on any atom is 0.143 e. The minimum absolute atomic E-state index is 0.291. The van der Waals surface area contributed by atoms with Gasteiger partial charge in [-0.05, 0) is 39.1 Å². The van der Waals surface area contributed by atoms with Crippen molar-refractivity contribution in [3.63, 3.8) is 0 Å². The molecule has 8 nitrogen and oxygen atoms in total. The van der Waals surface area contributed by atoms with Crippen LogP contribution in [0.4, 0.5) is 0 Å². The van der Waals surface area contributed by atoms with Crippen LogP contribution in [0, 0.1) is 0 Å². The number of thioether (sulfide) groups is 1. The molecule has 0 radical (unpaired) electrons. The lowest BCUT2D eigenvalue weighted by atomic mass is 9.80. The lowest BCUT2D eigenvalue weighted by Gasteiger charge is -2.46. The Labute approximate surface area is 377 Å². The number of hydrogen-bond donors (Lipinski definition) is 0. The highest BCUT2D eigenvalue weighted by Gasteiger charge is 2.48. The van der Waals surface area contributed by atoms with Gasteiger partial charge in [0.15, 0.2) is 0 Å². The van der Waals surface area contributed by atoms with Crippen molar-refractivity contribution in [3.05, 3.63) is 215 Å². The van der Waals surface area contributed by atoms with Gasteiger partial charge in [-0.2, -0.15) is 0 Å². The summed E-state index contributed by atoms with van der Waals surface area (Å²) >= 11 is 1.71. The molecule has 9 heteroatoms. The first kappa shape index (κ1) is 46.3. The Hall–Kier alpha value is -4.65. The first-order valence-corrected chi connectivity index (χ1v) is 23.1. The van der Waals surface area contributed by atoms with E-state index in [-0.39, 0.29) is 5.44 Å². The van der Waals surface area contributed by atoms with Crippen LogP contribution < -0.4 is 0 Å². The maximum atomic E-state index is 6.84. The van der Waals surface area contributed by atoms with Crippen LogP contribution in [0.2, 0.25) is 0 Å². The number of benzene rings is 6. The summed E-state index contributed by atoms with van der Waals surface area (Å²) in [6.45, 7) is 6.13. The zero-order valence-electron chi connectivity index (χ0n) is 36.2. The normalized spacial score (nSPS) is 18.9. The van der Waals surface area contributed by atoms with E-state index in [1.54, 1.807) is 11.8 Å². The molecule has 6 aromatic carbocycles. The first-order valence-electron chi connectivity index (χ1n) is 22.0. The second-order valence-electron chi connectivity index (χ2n) is 15.2. The van der Waals surface area contributed by atoms with E-state index >= 15 is 0 Å². The molecular formula is C54H60O8S. The van der Waals surface area contributed by atoms with Crippen LogP contribution in [-0.4, -0.2) is 81.9 Å². The Kier molecular flexibility index (Phi) is 18.8. The van der Waals surface area contributed by atoms with Crippen LogP contribution in [0.3, 0.4) is 0 Å². The minimum atomic E-state index is -0.784. The maximum absolute atomic E-state index is 6.84. The van der Waals surface area contributed by atoms with Gasteiger partial charge in [0.1, 0.15) is 35.5 Å². The van der Waals surface area contributed by atoms with E-state index < -0.39 is 30.0 Å². The van der Waals surface area contributed by atoms with Crippen molar-refractivity contribution in [2.75, 3.05) is 52.0 Å². The predicted molar refractivity (Wildman–Crippen MR) is 249 cm³/mol. The van der Waals surface area contributed by atoms with Crippen molar-refractivity contribution >= 4 is 11.8 Å². The SMILES string of the molecule is CCS[C@H]1O[C@H](COCCOCCOCCOC(c2ccccc2)(c2ccccc2)c2ccccc2)[C@H](OCc2ccccc2)[C@H](OCc2ccccc2)[C@H]1OCc1ccccc1. The quantitative estimate of drug-likeness (QED) is 0.0391. The van der Waals surface area contributed by atoms with Crippen LogP contribution in [0.1, 0.15) is 40.3 Å². The average Bonchev–Trinajstić information content (AvgIpc) is 3.35. The molecule has 0 bridgehead atoms. The Morgan fingerprint density at radius 2 is 0.794 bits per heavy atom. The molecule has 7 rings (SSSR count). The molecule has 63 heavy (non-hydrogen) atoms. The van der Waals surface area contributed by atoms with E-state index in [2.05, 4.69) is 116 Å². The van der Waals surface area contributed by atoms with Crippen LogP contribution in [0.15, 0.2) is 182 Å². The molecule has 0 aromatic heterocycles. The molecule has 5 atom stereocenters. The van der Waals surface area contributed by atoms with E-state index in [0.29, 0.717) is 66.1 Å². The Morgan fingerprint density at radius 3 is 1.22 bits per heavy atom. The molecule has 6 aromatic rings. The van der Waals surface area contributed by atoms with Gasteiger partial charge >= 0.3 is 0 Å². The van der Waals surface area contributed by atoms with Crippen molar-refractivity contribution in [1.82, 2.24) is 0 Å². The molecular weight excluding hydrogens is 809 g/mol. The van der Waals surface area contributed by atoms with E-state index in [0.717, 1.165) is 39.1 Å². The van der Waals surface area contributed by atoms with Crippen molar-refractivity contribution in [3.8, 4) is 0 Å². The molecule has 1 saturated heterocycles. The third-order valence-corrected chi connectivity index (χ3v) is 11.9. The molecule has 0 aliphatic carbocycles. The van der Waals surface area contributed by atoms with Gasteiger partial charge in [-0.1, -0.05) is 189 Å². The third-order valence-electron chi connectivity index (χ3n) is 10.9. The van der Waals surface area contributed by atoms with Gasteiger partial charge in [-0.25, -0.2) is 0 Å². The molecule has 1 heterocycles. The molecule has 0 N–H and O–H groups in total. The molecule has 1 aliphatic rings. The molecule has 330 valence electrons. The second kappa shape index (κ2) is 25.6. The molecule has 1 aliphatic heterocycles. The van der Waals surface area contributed by atoms with Gasteiger partial charge in [-0.3, -0.25) is 0 Å². The van der Waals surface area contributed by atoms with Crippen LogP contribution in [0.5, 0.6) is 0 Å². The monoisotopic (exact) mass is 868 g/mol. The fraction of sp³-hybridized carbons (Fsp3) is 0.333. The highest BCUT2D eigenvalue weighted by molar-refractivity contribution is 7.99. The predicted octanol–water partition coefficient (Wildman–Crippen LogP) is 10.3. The van der Waals surface area contributed by atoms with Crippen LogP contribution in [0.25, 0.3) is 0 Å². The lowest BCUT2D eigenvalue weighted by molar-refractivity contribution is -0.254. The van der Waals surface area contributed by atoms with Crippen LogP contribution >= 0.6 is 11.8 Å². The first-order chi connectivity index (χ1) is 31.2. The van der Waals surface area contributed by atoms with Gasteiger partial charge in [0, 0.05) is 0 Å². The van der Waals surface area contributed by atoms with E-state index in [1.807, 2.05) is 72.8 Å². The van der Waals surface area contributed by atoms with Crippen molar-refractivity contribution in [1.29, 1.82) is 0 Å². The summed E-state index contributed by atoms with van der Waals surface area (Å²) in [6.07, 6.45) is -1.70. The third kappa shape index (κ3) is 13.4. The zero-order chi connectivity index (χ0) is 43.2. The smallest absolute Gasteiger partial charge is 0.143 e. The van der Waals surface area contributed by atoms with Gasteiger partial charge < -0.3 is 37.9 Å². The average molecular weight is 869 g/mol. The lowest BCUT2D eigenvalue weighted by Crippen LogP contribution is -2.60. The Bertz CT molecular complexity index is 2000. The fourth-order valence-electron chi connectivity index (χ4n) is 7.84. The number of ether oxygens (including phenoxy) is 8. The Balaban J connectivity index is 0.931. The topological polar surface area (TPSA) is 73.8 Å². The summed E-state index contributed by atoms with van der Waals surface area (Å²) in [5.74, 6) is 0.848. The van der Waals surface area contributed by atoms with E-state index in [9.17, 15) is 0 Å². The van der Waals surface area contributed by atoms with Crippen LogP contribution in [-0.2, 0) is 63.3 Å². The zero-order valence-corrected chi connectivity index (χ0v) is 37.0. The summed E-state index contributed by atoms with van der Waals surface area (Å²) in [5.41, 5.74) is 5.33. The van der Waals surface area contributed by atoms with E-state index in [1.165, 1.54) is 0 Å². The molecule has 0 unspecified atom stereocenters. The number of rotatable bonds is 26. The highest BCUT2D eigenvalue weighted by atomic mass is 32.2. The van der Waals surface area contributed by atoms with Gasteiger partial charge in [0.05, 0.1) is 66.1 Å². The van der Waals surface area contributed by atoms with Gasteiger partial charge in [0.25, 0.3) is 0 Å². The second-order valence-corrected chi connectivity index (χ2v) is 16.6. The number of hydrogen-bond acceptors (Lipinski definition) is 9. The Morgan fingerprint density at radius 1 is 0.429 bits per heavy atom. The largest absolute Gasteiger partial charge is 0.377 e. The van der Waals surface area contributed by atoms with Crippen molar-refractivity contribution in [2.24, 2.45) is 0 Å². The van der Waals surface area contributed by atoms with Crippen molar-refractivity contribution in [2.45, 2.75) is 62.2 Å². The molecule has 0 amide bonds. The highest BCUT2D eigenvalue weighted by Crippen LogP contribution is 2.40. The van der Waals surface area contributed by atoms with Gasteiger partial charge in [0.2, 0.25) is 0 Å². The fourth-order valence-corrected chi connectivity index (χ4v) is 8.81. The summed E-state index contributed by atoms with van der Waals surface area (Å²) in [5, 5.41) is 0. The summed E-state index contributed by atoms with van der Waals surface area (Å²) in [4.78, 5) is 0. The molecule has 0 spiro atoms. The summed E-state index contributed by atoms with van der Waals surface area (Å²) in [6, 6.07) is 61.7. The van der Waals surface area contributed by atoms with Crippen molar-refractivity contribution < 1.29 is 37.9 Å². The van der Waals surface area contributed by atoms with Gasteiger partial charge in [-0.15, -0.1) is 11.8 Å². The standard InChI is InChI=1S/C54H60O8S/c1-2-63-53-52(60-41-45-25-13-5-14-26-45)51(59-40-44-23-11-4-12-24-44)50(58-39-43-21-9-3-10-22-43)49(62-53)42-57-36-35-55-33-34-56-37-38-61-54(46-27-15-6-16-28-46,47-29-17-7-18-30-47)48-31-19-8-20-32-48/h3-32,49-53H,2,33-42H2,1H3/t49-,50+,51+,52-,53-/m1/s1. The minimum Gasteiger partial charge on any atom is -0.377 e. The molecule has 0 saturated carbocycles. The van der Waals surface area contributed by atoms with E-state index in [4.69, 9.17) is 37.9 Å². The summed E-state index contributed by atoms with van der Waals surface area (Å²) < 4.78 is 52.2. The summed E-state index contributed by atoms with van der Waals surface area (Å²) in [7, 11) is 0.